The molecule has 0 aliphatic carbocycles. The van der Waals surface area contributed by atoms with Gasteiger partial charge in [0.25, 0.3) is 0 Å². The minimum absolute atomic E-state index is 0.205. The van der Waals surface area contributed by atoms with E-state index in [4.69, 9.17) is 4.74 Å². The molecule has 0 saturated carbocycles. The summed E-state index contributed by atoms with van der Waals surface area (Å²) in [6, 6.07) is 0. The fraction of sp³-hybridized carbons (Fsp3) is 1.00. The van der Waals surface area contributed by atoms with Gasteiger partial charge in [0.05, 0.1) is 6.61 Å². The summed E-state index contributed by atoms with van der Waals surface area (Å²) in [5.41, 5.74) is 0.684. The minimum Gasteiger partial charge on any atom is -0.380 e. The molecule has 0 aromatic carbocycles. The summed E-state index contributed by atoms with van der Waals surface area (Å²) >= 11 is 0. The molecule has 3 heteroatoms. The maximum absolute atomic E-state index is 5.64. The molecule has 0 aromatic rings. The van der Waals surface area contributed by atoms with Crippen molar-refractivity contribution in [1.29, 1.82) is 0 Å². The van der Waals surface area contributed by atoms with E-state index in [1.54, 1.807) is 0 Å². The Balaban J connectivity index is 1.88. The molecule has 106 valence electrons. The van der Waals surface area contributed by atoms with Crippen LogP contribution in [0.1, 0.15) is 52.4 Å². The highest BCUT2D eigenvalue weighted by Crippen LogP contribution is 2.32. The van der Waals surface area contributed by atoms with Crippen molar-refractivity contribution in [3.63, 3.8) is 0 Å². The van der Waals surface area contributed by atoms with Gasteiger partial charge in [-0.1, -0.05) is 13.3 Å². The van der Waals surface area contributed by atoms with Gasteiger partial charge in [0.1, 0.15) is 0 Å². The summed E-state index contributed by atoms with van der Waals surface area (Å²) in [6.07, 6.45) is 7.78. The highest BCUT2D eigenvalue weighted by atomic mass is 16.5. The SMILES string of the molecule is CCCC1(CNC2(C)CCCOC2)CCCNC1. The fourth-order valence-corrected chi connectivity index (χ4v) is 3.49. The maximum Gasteiger partial charge on any atom is 0.0645 e. The zero-order valence-corrected chi connectivity index (χ0v) is 12.2. The third-order valence-electron chi connectivity index (χ3n) is 4.67. The predicted octanol–water partition coefficient (Wildman–Crippen LogP) is 2.32. The molecule has 2 aliphatic rings. The lowest BCUT2D eigenvalue weighted by Gasteiger charge is -2.42. The summed E-state index contributed by atoms with van der Waals surface area (Å²) in [6.45, 7) is 9.98. The molecule has 0 bridgehead atoms. The Kier molecular flexibility index (Phi) is 5.05. The third kappa shape index (κ3) is 3.69. The van der Waals surface area contributed by atoms with Crippen LogP contribution in [0.4, 0.5) is 0 Å². The van der Waals surface area contributed by atoms with Gasteiger partial charge < -0.3 is 15.4 Å². The van der Waals surface area contributed by atoms with Crippen LogP contribution in [0.15, 0.2) is 0 Å². The van der Waals surface area contributed by atoms with Gasteiger partial charge in [0.15, 0.2) is 0 Å². The van der Waals surface area contributed by atoms with E-state index in [-0.39, 0.29) is 5.54 Å². The normalized spacial score (nSPS) is 37.7. The molecule has 2 fully saturated rings. The quantitative estimate of drug-likeness (QED) is 0.790. The van der Waals surface area contributed by atoms with Crippen LogP contribution >= 0.6 is 0 Å². The largest absolute Gasteiger partial charge is 0.380 e. The van der Waals surface area contributed by atoms with Crippen LogP contribution < -0.4 is 10.6 Å². The molecule has 0 radical (unpaired) electrons. The van der Waals surface area contributed by atoms with E-state index >= 15 is 0 Å². The van der Waals surface area contributed by atoms with Crippen molar-refractivity contribution in [2.75, 3.05) is 32.8 Å². The summed E-state index contributed by atoms with van der Waals surface area (Å²) in [7, 11) is 0. The van der Waals surface area contributed by atoms with Gasteiger partial charge >= 0.3 is 0 Å². The first-order chi connectivity index (χ1) is 8.68. The van der Waals surface area contributed by atoms with Crippen LogP contribution in [0.25, 0.3) is 0 Å². The van der Waals surface area contributed by atoms with Crippen molar-refractivity contribution in [1.82, 2.24) is 10.6 Å². The summed E-state index contributed by atoms with van der Waals surface area (Å²) in [5, 5.41) is 7.42. The number of nitrogens with one attached hydrogen (secondary N) is 2. The molecule has 2 N–H and O–H groups in total. The highest BCUT2D eigenvalue weighted by molar-refractivity contribution is 4.92. The van der Waals surface area contributed by atoms with Crippen molar-refractivity contribution in [3.05, 3.63) is 0 Å². The topological polar surface area (TPSA) is 33.3 Å². The van der Waals surface area contributed by atoms with Gasteiger partial charge in [-0.15, -0.1) is 0 Å². The average Bonchev–Trinajstić information content (AvgIpc) is 2.39. The van der Waals surface area contributed by atoms with E-state index in [2.05, 4.69) is 24.5 Å². The summed E-state index contributed by atoms with van der Waals surface area (Å²) < 4.78 is 5.64. The monoisotopic (exact) mass is 254 g/mol. The highest BCUT2D eigenvalue weighted by Gasteiger charge is 2.35. The van der Waals surface area contributed by atoms with E-state index in [0.29, 0.717) is 5.41 Å². The van der Waals surface area contributed by atoms with Crippen molar-refractivity contribution in [2.45, 2.75) is 57.9 Å². The van der Waals surface area contributed by atoms with Crippen LogP contribution in [0.5, 0.6) is 0 Å². The first kappa shape index (κ1) is 14.3. The Labute approximate surface area is 112 Å². The van der Waals surface area contributed by atoms with Crippen molar-refractivity contribution >= 4 is 0 Å². The molecule has 2 heterocycles. The molecular weight excluding hydrogens is 224 g/mol. The number of hydrogen-bond donors (Lipinski definition) is 2. The van der Waals surface area contributed by atoms with Gasteiger partial charge in [-0.3, -0.25) is 0 Å². The molecule has 2 rings (SSSR count). The first-order valence-electron chi connectivity index (χ1n) is 7.72. The zero-order chi connectivity index (χ0) is 12.9. The number of hydrogen-bond acceptors (Lipinski definition) is 3. The van der Waals surface area contributed by atoms with Crippen LogP contribution in [0, 0.1) is 5.41 Å². The fourth-order valence-electron chi connectivity index (χ4n) is 3.49. The molecule has 0 spiro atoms. The van der Waals surface area contributed by atoms with E-state index in [1.165, 1.54) is 51.6 Å². The van der Waals surface area contributed by atoms with E-state index in [9.17, 15) is 0 Å². The predicted molar refractivity (Wildman–Crippen MR) is 75.9 cm³/mol. The maximum atomic E-state index is 5.64. The van der Waals surface area contributed by atoms with Crippen molar-refractivity contribution in [3.8, 4) is 0 Å². The van der Waals surface area contributed by atoms with Gasteiger partial charge in [-0.05, 0) is 51.0 Å². The molecule has 2 aliphatic heterocycles. The average molecular weight is 254 g/mol. The smallest absolute Gasteiger partial charge is 0.0645 e. The van der Waals surface area contributed by atoms with Crippen molar-refractivity contribution in [2.24, 2.45) is 5.41 Å². The number of ether oxygens (including phenoxy) is 1. The molecule has 2 atom stereocenters. The second-order valence-corrected chi connectivity index (χ2v) is 6.60. The van der Waals surface area contributed by atoms with E-state index in [1.807, 2.05) is 0 Å². The van der Waals surface area contributed by atoms with Crippen molar-refractivity contribution < 1.29 is 4.74 Å². The van der Waals surface area contributed by atoms with Crippen LogP contribution in [-0.4, -0.2) is 38.4 Å². The Bertz CT molecular complexity index is 237. The third-order valence-corrected chi connectivity index (χ3v) is 4.67. The zero-order valence-electron chi connectivity index (χ0n) is 12.2. The van der Waals surface area contributed by atoms with Crippen LogP contribution in [0.3, 0.4) is 0 Å². The molecule has 2 unspecified atom stereocenters. The Hall–Kier alpha value is -0.120. The summed E-state index contributed by atoms with van der Waals surface area (Å²) in [4.78, 5) is 0. The molecule has 0 aromatic heterocycles. The van der Waals surface area contributed by atoms with Gasteiger partial charge in [-0.2, -0.15) is 0 Å². The van der Waals surface area contributed by atoms with Crippen LogP contribution in [0.2, 0.25) is 0 Å². The molecule has 0 amide bonds. The lowest BCUT2D eigenvalue weighted by atomic mass is 9.76. The first-order valence-corrected chi connectivity index (χ1v) is 7.72. The second kappa shape index (κ2) is 6.36. The Morgan fingerprint density at radius 2 is 2.17 bits per heavy atom. The molecule has 3 nitrogen and oxygen atoms in total. The van der Waals surface area contributed by atoms with Crippen LogP contribution in [-0.2, 0) is 4.74 Å². The lowest BCUT2D eigenvalue weighted by molar-refractivity contribution is 0.0202. The number of rotatable bonds is 5. The summed E-state index contributed by atoms with van der Waals surface area (Å²) in [5.74, 6) is 0. The van der Waals surface area contributed by atoms with Gasteiger partial charge in [-0.25, -0.2) is 0 Å². The molecule has 18 heavy (non-hydrogen) atoms. The Morgan fingerprint density at radius 1 is 1.28 bits per heavy atom. The van der Waals surface area contributed by atoms with E-state index in [0.717, 1.165) is 19.8 Å². The van der Waals surface area contributed by atoms with E-state index < -0.39 is 0 Å². The van der Waals surface area contributed by atoms with Gasteiger partial charge in [0.2, 0.25) is 0 Å². The molecular formula is C15H30N2O. The number of piperidine rings is 1. The Morgan fingerprint density at radius 3 is 2.78 bits per heavy atom. The second-order valence-electron chi connectivity index (χ2n) is 6.60. The minimum atomic E-state index is 0.205. The lowest BCUT2D eigenvalue weighted by Crippen LogP contribution is -2.55. The standard InChI is InChI=1S/C15H30N2O/c1-3-6-15(8-4-9-16-11-15)12-17-14(2)7-5-10-18-13-14/h16-17H,3-13H2,1-2H3. The van der Waals surface area contributed by atoms with Gasteiger partial charge in [0, 0.05) is 25.2 Å². The molecule has 2 saturated heterocycles.